The third-order valence-electron chi connectivity index (χ3n) is 3.97. The summed E-state index contributed by atoms with van der Waals surface area (Å²) in [5, 5.41) is 12.6. The lowest BCUT2D eigenvalue weighted by Gasteiger charge is -2.23. The highest BCUT2D eigenvalue weighted by atomic mass is 127. The van der Waals surface area contributed by atoms with Crippen LogP contribution in [0, 0.1) is 12.8 Å². The van der Waals surface area contributed by atoms with E-state index in [9.17, 15) is 5.11 Å². The summed E-state index contributed by atoms with van der Waals surface area (Å²) in [7, 11) is 2.07. The van der Waals surface area contributed by atoms with Crippen molar-refractivity contribution in [2.24, 2.45) is 10.9 Å². The number of aliphatic hydroxyl groups excluding tert-OH is 1. The SMILES string of the molecule is CCCC(CCO)CN=C(NCC)N(C)Cc1ccc(C)cc1.I. The molecule has 5 heteroatoms. The fraction of sp³-hybridized carbons (Fsp3) is 0.632. The molecule has 1 rings (SSSR count). The van der Waals surface area contributed by atoms with Crippen LogP contribution in [0.25, 0.3) is 0 Å². The van der Waals surface area contributed by atoms with Gasteiger partial charge >= 0.3 is 0 Å². The van der Waals surface area contributed by atoms with Crippen molar-refractivity contribution in [3.05, 3.63) is 35.4 Å². The highest BCUT2D eigenvalue weighted by molar-refractivity contribution is 14.0. The highest BCUT2D eigenvalue weighted by Gasteiger charge is 2.10. The van der Waals surface area contributed by atoms with Crippen LogP contribution in [0.15, 0.2) is 29.3 Å². The Hall–Kier alpha value is -0.820. The maximum atomic E-state index is 9.18. The molecule has 138 valence electrons. The molecule has 1 aromatic carbocycles. The number of benzene rings is 1. The summed E-state index contributed by atoms with van der Waals surface area (Å²) in [6, 6.07) is 8.62. The van der Waals surface area contributed by atoms with Crippen LogP contribution in [0.1, 0.15) is 44.2 Å². The molecule has 1 unspecified atom stereocenters. The zero-order valence-electron chi connectivity index (χ0n) is 15.6. The minimum Gasteiger partial charge on any atom is -0.396 e. The van der Waals surface area contributed by atoms with Gasteiger partial charge in [0.2, 0.25) is 0 Å². The topological polar surface area (TPSA) is 47.9 Å². The molecule has 0 aliphatic rings. The first-order valence-electron chi connectivity index (χ1n) is 8.76. The molecule has 1 aromatic rings. The molecule has 0 fully saturated rings. The van der Waals surface area contributed by atoms with Gasteiger partial charge in [0.25, 0.3) is 0 Å². The van der Waals surface area contributed by atoms with E-state index in [2.05, 4.69) is 62.3 Å². The van der Waals surface area contributed by atoms with Crippen LogP contribution in [0.5, 0.6) is 0 Å². The fourth-order valence-electron chi connectivity index (χ4n) is 2.65. The molecular weight excluding hydrogens is 413 g/mol. The summed E-state index contributed by atoms with van der Waals surface area (Å²) in [6.07, 6.45) is 3.08. The summed E-state index contributed by atoms with van der Waals surface area (Å²) in [5.74, 6) is 1.40. The number of rotatable bonds is 9. The second-order valence-corrected chi connectivity index (χ2v) is 6.20. The van der Waals surface area contributed by atoms with Crippen molar-refractivity contribution < 1.29 is 5.11 Å². The fourth-order valence-corrected chi connectivity index (χ4v) is 2.65. The van der Waals surface area contributed by atoms with Crippen LogP contribution in [0.2, 0.25) is 0 Å². The van der Waals surface area contributed by atoms with Gasteiger partial charge < -0.3 is 15.3 Å². The average molecular weight is 447 g/mol. The van der Waals surface area contributed by atoms with E-state index in [0.29, 0.717) is 5.92 Å². The number of nitrogens with one attached hydrogen (secondary N) is 1. The summed E-state index contributed by atoms with van der Waals surface area (Å²) in [5.41, 5.74) is 2.56. The van der Waals surface area contributed by atoms with Gasteiger partial charge in [-0.3, -0.25) is 4.99 Å². The van der Waals surface area contributed by atoms with Crippen LogP contribution in [-0.2, 0) is 6.54 Å². The third kappa shape index (κ3) is 8.87. The predicted octanol–water partition coefficient (Wildman–Crippen LogP) is 3.81. The van der Waals surface area contributed by atoms with Crippen LogP contribution in [0.3, 0.4) is 0 Å². The van der Waals surface area contributed by atoms with Crippen molar-refractivity contribution in [2.45, 2.75) is 46.6 Å². The molecule has 0 radical (unpaired) electrons. The normalized spacial score (nSPS) is 12.5. The van der Waals surface area contributed by atoms with E-state index < -0.39 is 0 Å². The molecule has 1 atom stereocenters. The Bertz CT molecular complexity index is 456. The van der Waals surface area contributed by atoms with E-state index in [4.69, 9.17) is 4.99 Å². The Kier molecular flexibility index (Phi) is 13.0. The second-order valence-electron chi connectivity index (χ2n) is 6.20. The molecule has 0 spiro atoms. The van der Waals surface area contributed by atoms with Gasteiger partial charge in [-0.15, -0.1) is 24.0 Å². The van der Waals surface area contributed by atoms with Gasteiger partial charge in [0, 0.05) is 33.3 Å². The molecule has 0 amide bonds. The number of guanidine groups is 1. The second kappa shape index (κ2) is 13.5. The molecule has 0 saturated heterocycles. The zero-order chi connectivity index (χ0) is 17.1. The molecule has 4 nitrogen and oxygen atoms in total. The maximum absolute atomic E-state index is 9.18. The number of nitrogens with zero attached hydrogens (tertiary/aromatic N) is 2. The number of hydrogen-bond donors (Lipinski definition) is 2. The van der Waals surface area contributed by atoms with Crippen LogP contribution in [0.4, 0.5) is 0 Å². The Labute approximate surface area is 164 Å². The first-order chi connectivity index (χ1) is 11.1. The third-order valence-corrected chi connectivity index (χ3v) is 3.97. The van der Waals surface area contributed by atoms with Crippen molar-refractivity contribution in [1.29, 1.82) is 0 Å². The molecular formula is C19H34IN3O. The lowest BCUT2D eigenvalue weighted by Crippen LogP contribution is -2.38. The maximum Gasteiger partial charge on any atom is 0.193 e. The van der Waals surface area contributed by atoms with Crippen molar-refractivity contribution in [3.8, 4) is 0 Å². The Morgan fingerprint density at radius 2 is 1.88 bits per heavy atom. The molecule has 0 aliphatic heterocycles. The summed E-state index contributed by atoms with van der Waals surface area (Å²) >= 11 is 0. The van der Waals surface area contributed by atoms with E-state index >= 15 is 0 Å². The standard InChI is InChI=1S/C19H33N3O.HI/c1-5-7-17(12-13-23)14-21-19(20-6-2)22(4)15-18-10-8-16(3)9-11-18;/h8-11,17,23H,5-7,12-15H2,1-4H3,(H,20,21);1H. The molecule has 0 aliphatic carbocycles. The minimum absolute atomic E-state index is 0. The van der Waals surface area contributed by atoms with Crippen molar-refractivity contribution >= 4 is 29.9 Å². The van der Waals surface area contributed by atoms with Crippen molar-refractivity contribution in [1.82, 2.24) is 10.2 Å². The summed E-state index contributed by atoms with van der Waals surface area (Å²) < 4.78 is 0. The minimum atomic E-state index is 0. The molecule has 24 heavy (non-hydrogen) atoms. The summed E-state index contributed by atoms with van der Waals surface area (Å²) in [6.45, 7) is 9.09. The van der Waals surface area contributed by atoms with Crippen LogP contribution < -0.4 is 5.32 Å². The first kappa shape index (κ1) is 23.2. The van der Waals surface area contributed by atoms with E-state index in [0.717, 1.165) is 44.9 Å². The van der Waals surface area contributed by atoms with E-state index in [1.54, 1.807) is 0 Å². The lowest BCUT2D eigenvalue weighted by atomic mass is 10.0. The largest absolute Gasteiger partial charge is 0.396 e. The van der Waals surface area contributed by atoms with Gasteiger partial charge in [-0.1, -0.05) is 43.2 Å². The molecule has 0 saturated carbocycles. The predicted molar refractivity (Wildman–Crippen MR) is 114 cm³/mol. The smallest absolute Gasteiger partial charge is 0.193 e. The van der Waals surface area contributed by atoms with Crippen molar-refractivity contribution in [2.75, 3.05) is 26.7 Å². The van der Waals surface area contributed by atoms with Crippen LogP contribution in [-0.4, -0.2) is 42.7 Å². The number of aryl methyl sites for hydroxylation is 1. The van der Waals surface area contributed by atoms with Crippen LogP contribution >= 0.6 is 24.0 Å². The molecule has 2 N–H and O–H groups in total. The number of aliphatic hydroxyl groups is 1. The summed E-state index contributed by atoms with van der Waals surface area (Å²) in [4.78, 5) is 6.95. The van der Waals surface area contributed by atoms with Gasteiger partial charge in [0.05, 0.1) is 0 Å². The zero-order valence-corrected chi connectivity index (χ0v) is 17.9. The lowest BCUT2D eigenvalue weighted by molar-refractivity contribution is 0.253. The quantitative estimate of drug-likeness (QED) is 0.344. The monoisotopic (exact) mass is 447 g/mol. The Balaban J connectivity index is 0.00000529. The van der Waals surface area contributed by atoms with Gasteiger partial charge in [0.1, 0.15) is 0 Å². The first-order valence-corrected chi connectivity index (χ1v) is 8.76. The Morgan fingerprint density at radius 1 is 1.21 bits per heavy atom. The number of hydrogen-bond acceptors (Lipinski definition) is 2. The molecule has 0 heterocycles. The number of halogens is 1. The van der Waals surface area contributed by atoms with Gasteiger partial charge in [0.15, 0.2) is 5.96 Å². The van der Waals surface area contributed by atoms with Crippen molar-refractivity contribution in [3.63, 3.8) is 0 Å². The van der Waals surface area contributed by atoms with E-state index in [1.807, 2.05) is 0 Å². The van der Waals surface area contributed by atoms with E-state index in [-0.39, 0.29) is 30.6 Å². The highest BCUT2D eigenvalue weighted by Crippen LogP contribution is 2.12. The van der Waals surface area contributed by atoms with Gasteiger partial charge in [-0.25, -0.2) is 0 Å². The van der Waals surface area contributed by atoms with E-state index in [1.165, 1.54) is 11.1 Å². The van der Waals surface area contributed by atoms with Gasteiger partial charge in [-0.05, 0) is 38.2 Å². The molecule has 0 aromatic heterocycles. The molecule has 0 bridgehead atoms. The Morgan fingerprint density at radius 3 is 2.42 bits per heavy atom. The van der Waals surface area contributed by atoms with Gasteiger partial charge in [-0.2, -0.15) is 0 Å². The number of aliphatic imine (C=N–C) groups is 1. The average Bonchev–Trinajstić information content (AvgIpc) is 2.53.